The number of aryl methyl sites for hydroxylation is 1. The second-order valence-corrected chi connectivity index (χ2v) is 4.03. The lowest BCUT2D eigenvalue weighted by molar-refractivity contribution is -0.136. The van der Waals surface area contributed by atoms with Gasteiger partial charge in [0, 0.05) is 19.2 Å². The van der Waals surface area contributed by atoms with E-state index < -0.39 is 0 Å². The highest BCUT2D eigenvalue weighted by molar-refractivity contribution is 5.73. The third-order valence-electron chi connectivity index (χ3n) is 2.75. The first-order valence-corrected chi connectivity index (χ1v) is 5.47. The van der Waals surface area contributed by atoms with Gasteiger partial charge in [0.2, 0.25) is 5.91 Å². The van der Waals surface area contributed by atoms with Crippen molar-refractivity contribution in [1.82, 2.24) is 9.88 Å². The molecule has 1 fully saturated rings. The zero-order chi connectivity index (χ0) is 11.5. The fourth-order valence-corrected chi connectivity index (χ4v) is 1.86. The third kappa shape index (κ3) is 2.39. The maximum atomic E-state index is 11.3. The molecule has 1 aliphatic rings. The van der Waals surface area contributed by atoms with Crippen molar-refractivity contribution >= 4 is 5.91 Å². The maximum Gasteiger partial charge on any atom is 0.219 e. The first kappa shape index (κ1) is 11.1. The predicted molar refractivity (Wildman–Crippen MR) is 59.9 cm³/mol. The van der Waals surface area contributed by atoms with Crippen LogP contribution in [-0.2, 0) is 9.53 Å². The molecule has 2 rings (SSSR count). The number of hydrogen-bond donors (Lipinski definition) is 0. The summed E-state index contributed by atoms with van der Waals surface area (Å²) >= 11 is 0. The van der Waals surface area contributed by atoms with Crippen molar-refractivity contribution in [3.05, 3.63) is 29.6 Å². The van der Waals surface area contributed by atoms with Crippen molar-refractivity contribution in [2.45, 2.75) is 20.0 Å². The maximum absolute atomic E-state index is 11.3. The lowest BCUT2D eigenvalue weighted by Gasteiger charge is -2.32. The van der Waals surface area contributed by atoms with Crippen molar-refractivity contribution in [3.8, 4) is 0 Å². The van der Waals surface area contributed by atoms with Gasteiger partial charge in [-0.15, -0.1) is 0 Å². The number of carbonyl (C=O) groups excluding carboxylic acids is 1. The van der Waals surface area contributed by atoms with E-state index >= 15 is 0 Å². The van der Waals surface area contributed by atoms with Gasteiger partial charge in [-0.3, -0.25) is 9.78 Å². The highest BCUT2D eigenvalue weighted by Gasteiger charge is 2.24. The number of aromatic nitrogens is 1. The van der Waals surface area contributed by atoms with Gasteiger partial charge in [-0.05, 0) is 19.1 Å². The minimum atomic E-state index is -0.0856. The topological polar surface area (TPSA) is 42.4 Å². The zero-order valence-corrected chi connectivity index (χ0v) is 9.64. The largest absolute Gasteiger partial charge is 0.368 e. The summed E-state index contributed by atoms with van der Waals surface area (Å²) in [7, 11) is 0. The predicted octanol–water partition coefficient (Wildman–Crippen LogP) is 1.31. The summed E-state index contributed by atoms with van der Waals surface area (Å²) in [5.41, 5.74) is 1.88. The number of nitrogens with zero attached hydrogens (tertiary/aromatic N) is 2. The van der Waals surface area contributed by atoms with Gasteiger partial charge in [-0.1, -0.05) is 6.07 Å². The monoisotopic (exact) mass is 220 g/mol. The van der Waals surface area contributed by atoms with Crippen LogP contribution in [0.5, 0.6) is 0 Å². The van der Waals surface area contributed by atoms with E-state index in [1.807, 2.05) is 25.1 Å². The first-order valence-electron chi connectivity index (χ1n) is 5.47. The van der Waals surface area contributed by atoms with E-state index in [1.54, 1.807) is 11.8 Å². The lowest BCUT2D eigenvalue weighted by atomic mass is 10.2. The summed E-state index contributed by atoms with van der Waals surface area (Å²) in [6.07, 6.45) is -0.0856. The van der Waals surface area contributed by atoms with E-state index in [1.165, 1.54) is 0 Å². The number of carbonyl (C=O) groups is 1. The molecule has 2 heterocycles. The number of ether oxygens (including phenoxy) is 1. The molecule has 0 aromatic carbocycles. The molecular formula is C12H16N2O2. The molecular weight excluding hydrogens is 204 g/mol. The molecule has 1 aromatic rings. The van der Waals surface area contributed by atoms with E-state index in [0.717, 1.165) is 11.4 Å². The lowest BCUT2D eigenvalue weighted by Crippen LogP contribution is -2.41. The second-order valence-electron chi connectivity index (χ2n) is 4.03. The van der Waals surface area contributed by atoms with Crippen LogP contribution in [0.2, 0.25) is 0 Å². The van der Waals surface area contributed by atoms with E-state index in [9.17, 15) is 4.79 Å². The Kier molecular flexibility index (Phi) is 3.19. The molecule has 0 spiro atoms. The van der Waals surface area contributed by atoms with Crippen LogP contribution in [0.4, 0.5) is 0 Å². The normalized spacial score (nSPS) is 20.9. The molecule has 4 nitrogen and oxygen atoms in total. The Morgan fingerprint density at radius 3 is 3.06 bits per heavy atom. The Morgan fingerprint density at radius 2 is 2.38 bits per heavy atom. The van der Waals surface area contributed by atoms with Crippen LogP contribution in [0, 0.1) is 6.92 Å². The van der Waals surface area contributed by atoms with E-state index in [-0.39, 0.29) is 12.0 Å². The molecule has 86 valence electrons. The molecule has 1 aromatic heterocycles. The molecule has 1 atom stereocenters. The smallest absolute Gasteiger partial charge is 0.219 e. The van der Waals surface area contributed by atoms with Crippen LogP contribution in [0.3, 0.4) is 0 Å². The van der Waals surface area contributed by atoms with Gasteiger partial charge in [-0.2, -0.15) is 0 Å². The van der Waals surface area contributed by atoms with E-state index in [4.69, 9.17) is 4.74 Å². The molecule has 1 amide bonds. The Morgan fingerprint density at radius 1 is 1.56 bits per heavy atom. The van der Waals surface area contributed by atoms with Crippen molar-refractivity contribution in [1.29, 1.82) is 0 Å². The zero-order valence-electron chi connectivity index (χ0n) is 9.64. The molecule has 0 aliphatic carbocycles. The number of hydrogen-bond acceptors (Lipinski definition) is 3. The third-order valence-corrected chi connectivity index (χ3v) is 2.75. The highest BCUT2D eigenvalue weighted by atomic mass is 16.5. The van der Waals surface area contributed by atoms with Crippen LogP contribution in [0.25, 0.3) is 0 Å². The van der Waals surface area contributed by atoms with Crippen LogP contribution in [0.1, 0.15) is 24.4 Å². The Labute approximate surface area is 95.2 Å². The van der Waals surface area contributed by atoms with E-state index in [0.29, 0.717) is 19.7 Å². The molecule has 1 saturated heterocycles. The second kappa shape index (κ2) is 4.61. The summed E-state index contributed by atoms with van der Waals surface area (Å²) in [4.78, 5) is 17.5. The van der Waals surface area contributed by atoms with Crippen molar-refractivity contribution < 1.29 is 9.53 Å². The minimum absolute atomic E-state index is 0.0856. The van der Waals surface area contributed by atoms with E-state index in [2.05, 4.69) is 4.98 Å². The Balaban J connectivity index is 2.12. The van der Waals surface area contributed by atoms with Gasteiger partial charge >= 0.3 is 0 Å². The quantitative estimate of drug-likeness (QED) is 0.716. The van der Waals surface area contributed by atoms with Crippen molar-refractivity contribution in [3.63, 3.8) is 0 Å². The molecule has 0 radical (unpaired) electrons. The van der Waals surface area contributed by atoms with Crippen LogP contribution < -0.4 is 0 Å². The highest BCUT2D eigenvalue weighted by Crippen LogP contribution is 2.20. The number of morpholine rings is 1. The van der Waals surface area contributed by atoms with Gasteiger partial charge in [-0.25, -0.2) is 0 Å². The van der Waals surface area contributed by atoms with Gasteiger partial charge < -0.3 is 9.64 Å². The van der Waals surface area contributed by atoms with Gasteiger partial charge in [0.1, 0.15) is 6.10 Å². The Hall–Kier alpha value is -1.42. The average Bonchev–Trinajstić information content (AvgIpc) is 2.29. The summed E-state index contributed by atoms with van der Waals surface area (Å²) in [5, 5.41) is 0. The fourth-order valence-electron chi connectivity index (χ4n) is 1.86. The van der Waals surface area contributed by atoms with Gasteiger partial charge in [0.25, 0.3) is 0 Å². The summed E-state index contributed by atoms with van der Waals surface area (Å²) in [5.74, 6) is 0.0981. The molecule has 16 heavy (non-hydrogen) atoms. The Bertz CT molecular complexity index is 392. The first-order chi connectivity index (χ1) is 7.66. The SMILES string of the molecule is CC(=O)N1CCO[C@@H](c2cccc(C)n2)C1. The van der Waals surface area contributed by atoms with Crippen molar-refractivity contribution in [2.75, 3.05) is 19.7 Å². The average molecular weight is 220 g/mol. The molecule has 0 saturated carbocycles. The molecule has 0 bridgehead atoms. The summed E-state index contributed by atoms with van der Waals surface area (Å²) < 4.78 is 5.64. The summed E-state index contributed by atoms with van der Waals surface area (Å²) in [6, 6.07) is 5.87. The van der Waals surface area contributed by atoms with Crippen LogP contribution in [0.15, 0.2) is 18.2 Å². The molecule has 1 aliphatic heterocycles. The van der Waals surface area contributed by atoms with Gasteiger partial charge in [0.15, 0.2) is 0 Å². The number of amides is 1. The molecule has 4 heteroatoms. The van der Waals surface area contributed by atoms with Crippen LogP contribution in [-0.4, -0.2) is 35.5 Å². The fraction of sp³-hybridized carbons (Fsp3) is 0.500. The van der Waals surface area contributed by atoms with Crippen LogP contribution >= 0.6 is 0 Å². The van der Waals surface area contributed by atoms with Gasteiger partial charge in [0.05, 0.1) is 18.8 Å². The summed E-state index contributed by atoms with van der Waals surface area (Å²) in [6.45, 7) is 5.41. The standard InChI is InChI=1S/C12H16N2O2/c1-9-4-3-5-11(13-9)12-8-14(10(2)15)6-7-16-12/h3-5,12H,6-8H2,1-2H3/t12-/m1/s1. The number of pyridine rings is 1. The molecule has 0 unspecified atom stereocenters. The van der Waals surface area contributed by atoms with Crippen molar-refractivity contribution in [2.24, 2.45) is 0 Å². The number of rotatable bonds is 1. The molecule has 0 N–H and O–H groups in total. The minimum Gasteiger partial charge on any atom is -0.368 e.